The van der Waals surface area contributed by atoms with Gasteiger partial charge in [0.25, 0.3) is 5.91 Å². The van der Waals surface area contributed by atoms with Gasteiger partial charge in [-0.1, -0.05) is 12.1 Å². The molecule has 0 spiro atoms. The molecule has 4 heteroatoms. The van der Waals surface area contributed by atoms with E-state index in [1.54, 1.807) is 4.90 Å². The van der Waals surface area contributed by atoms with Crippen LogP contribution in [0, 0.1) is 0 Å². The summed E-state index contributed by atoms with van der Waals surface area (Å²) >= 11 is 0. The van der Waals surface area contributed by atoms with Crippen LogP contribution in [0.3, 0.4) is 0 Å². The normalized spacial score (nSPS) is 20.2. The van der Waals surface area contributed by atoms with Crippen LogP contribution >= 0.6 is 0 Å². The van der Waals surface area contributed by atoms with E-state index < -0.39 is 0 Å². The van der Waals surface area contributed by atoms with E-state index in [1.807, 2.05) is 12.1 Å². The molecule has 0 radical (unpaired) electrons. The van der Waals surface area contributed by atoms with E-state index in [-0.39, 0.29) is 5.91 Å². The molecule has 2 heterocycles. The van der Waals surface area contributed by atoms with Gasteiger partial charge in [0.15, 0.2) is 6.54 Å². The highest BCUT2D eigenvalue weighted by molar-refractivity contribution is 5.91. The van der Waals surface area contributed by atoms with Crippen molar-refractivity contribution >= 4 is 11.6 Å². The van der Waals surface area contributed by atoms with Crippen LogP contribution in [0.4, 0.5) is 5.69 Å². The SMILES string of the molecule is O=C(C[NH+]1CCCCC1)Nc1ccc(C[NH+]2CCCC2)cc1. The molecule has 0 unspecified atom stereocenters. The van der Waals surface area contributed by atoms with Crippen LogP contribution in [0.2, 0.25) is 0 Å². The lowest BCUT2D eigenvalue weighted by Crippen LogP contribution is -3.13. The maximum atomic E-state index is 12.1. The third kappa shape index (κ3) is 4.55. The Bertz CT molecular complexity index is 474. The van der Waals surface area contributed by atoms with Crippen LogP contribution in [0.15, 0.2) is 24.3 Å². The number of amides is 1. The highest BCUT2D eigenvalue weighted by Crippen LogP contribution is 2.09. The van der Waals surface area contributed by atoms with E-state index in [1.165, 1.54) is 55.7 Å². The van der Waals surface area contributed by atoms with Crippen LogP contribution in [0.5, 0.6) is 0 Å². The Kier molecular flexibility index (Phi) is 5.46. The molecule has 1 aromatic carbocycles. The zero-order chi connectivity index (χ0) is 15.2. The average molecular weight is 303 g/mol. The van der Waals surface area contributed by atoms with Crippen molar-refractivity contribution in [2.24, 2.45) is 0 Å². The fourth-order valence-electron chi connectivity index (χ4n) is 3.71. The number of hydrogen-bond acceptors (Lipinski definition) is 1. The Morgan fingerprint density at radius 2 is 1.45 bits per heavy atom. The highest BCUT2D eigenvalue weighted by atomic mass is 16.2. The molecule has 22 heavy (non-hydrogen) atoms. The summed E-state index contributed by atoms with van der Waals surface area (Å²) in [6, 6.07) is 8.42. The minimum atomic E-state index is 0.148. The zero-order valence-corrected chi connectivity index (χ0v) is 13.5. The molecule has 0 bridgehead atoms. The fraction of sp³-hybridized carbons (Fsp3) is 0.611. The van der Waals surface area contributed by atoms with Gasteiger partial charge in [0.05, 0.1) is 26.2 Å². The van der Waals surface area contributed by atoms with E-state index in [9.17, 15) is 4.79 Å². The Labute approximate surface area is 133 Å². The lowest BCUT2D eigenvalue weighted by Gasteiger charge is -2.22. The standard InChI is InChI=1S/C18H27N3O/c22-18(15-21-10-2-1-3-11-21)19-17-8-6-16(7-9-17)14-20-12-4-5-13-20/h6-9H,1-5,10-15H2,(H,19,22)/p+2. The molecular weight excluding hydrogens is 274 g/mol. The summed E-state index contributed by atoms with van der Waals surface area (Å²) in [5.41, 5.74) is 2.30. The van der Waals surface area contributed by atoms with Crippen molar-refractivity contribution in [2.75, 3.05) is 38.0 Å². The fourth-order valence-corrected chi connectivity index (χ4v) is 3.71. The van der Waals surface area contributed by atoms with Crippen LogP contribution in [0.25, 0.3) is 0 Å². The summed E-state index contributed by atoms with van der Waals surface area (Å²) in [6.07, 6.45) is 6.57. The van der Waals surface area contributed by atoms with Crippen molar-refractivity contribution in [3.63, 3.8) is 0 Å². The highest BCUT2D eigenvalue weighted by Gasteiger charge is 2.18. The predicted molar refractivity (Wildman–Crippen MR) is 88.1 cm³/mol. The Morgan fingerprint density at radius 3 is 2.14 bits per heavy atom. The molecule has 3 rings (SSSR count). The molecule has 120 valence electrons. The molecule has 4 nitrogen and oxygen atoms in total. The van der Waals surface area contributed by atoms with Gasteiger partial charge in [0.2, 0.25) is 0 Å². The number of anilines is 1. The van der Waals surface area contributed by atoms with E-state index in [0.717, 1.165) is 25.3 Å². The smallest absolute Gasteiger partial charge is 0.279 e. The summed E-state index contributed by atoms with van der Waals surface area (Å²) in [4.78, 5) is 15.2. The number of quaternary nitrogens is 2. The van der Waals surface area contributed by atoms with Gasteiger partial charge < -0.3 is 15.1 Å². The third-order valence-corrected chi connectivity index (χ3v) is 4.97. The molecule has 1 amide bonds. The largest absolute Gasteiger partial charge is 0.331 e. The summed E-state index contributed by atoms with van der Waals surface area (Å²) in [7, 11) is 0. The monoisotopic (exact) mass is 303 g/mol. The number of carbonyl (C=O) groups excluding carboxylic acids is 1. The van der Waals surface area contributed by atoms with E-state index in [4.69, 9.17) is 0 Å². The molecule has 2 saturated heterocycles. The number of piperidine rings is 1. The number of likely N-dealkylation sites (tertiary alicyclic amines) is 2. The van der Waals surface area contributed by atoms with E-state index in [2.05, 4.69) is 17.4 Å². The summed E-state index contributed by atoms with van der Waals surface area (Å²) in [6.45, 7) is 6.62. The van der Waals surface area contributed by atoms with Crippen LogP contribution < -0.4 is 15.1 Å². The van der Waals surface area contributed by atoms with Gasteiger partial charge in [0.1, 0.15) is 6.54 Å². The van der Waals surface area contributed by atoms with Crippen molar-refractivity contribution in [1.29, 1.82) is 0 Å². The summed E-state index contributed by atoms with van der Waals surface area (Å²) in [5.74, 6) is 0.148. The lowest BCUT2D eigenvalue weighted by molar-refractivity contribution is -0.901. The Morgan fingerprint density at radius 1 is 0.864 bits per heavy atom. The lowest BCUT2D eigenvalue weighted by atomic mass is 10.1. The predicted octanol–water partition coefficient (Wildman–Crippen LogP) is -0.127. The quantitative estimate of drug-likeness (QED) is 0.697. The molecule has 0 aliphatic carbocycles. The number of hydrogen-bond donors (Lipinski definition) is 3. The average Bonchev–Trinajstić information content (AvgIpc) is 3.03. The Hall–Kier alpha value is -1.39. The molecule has 1 aromatic rings. The van der Waals surface area contributed by atoms with Crippen LogP contribution in [0.1, 0.15) is 37.7 Å². The van der Waals surface area contributed by atoms with Crippen LogP contribution in [-0.4, -0.2) is 38.6 Å². The third-order valence-electron chi connectivity index (χ3n) is 4.97. The van der Waals surface area contributed by atoms with Crippen molar-refractivity contribution in [3.05, 3.63) is 29.8 Å². The molecule has 0 saturated carbocycles. The number of nitrogens with one attached hydrogen (secondary N) is 3. The van der Waals surface area contributed by atoms with Gasteiger partial charge >= 0.3 is 0 Å². The van der Waals surface area contributed by atoms with E-state index >= 15 is 0 Å². The number of rotatable bonds is 5. The Balaban J connectivity index is 1.46. The second-order valence-corrected chi connectivity index (χ2v) is 6.87. The van der Waals surface area contributed by atoms with E-state index in [0.29, 0.717) is 6.54 Å². The van der Waals surface area contributed by atoms with Gasteiger partial charge in [-0.3, -0.25) is 4.79 Å². The molecule has 0 atom stereocenters. The first-order valence-electron chi connectivity index (χ1n) is 8.85. The van der Waals surface area contributed by atoms with Crippen molar-refractivity contribution in [1.82, 2.24) is 0 Å². The van der Waals surface area contributed by atoms with Crippen LogP contribution in [-0.2, 0) is 11.3 Å². The molecular formula is C18H29N3O+2. The minimum absolute atomic E-state index is 0.148. The van der Waals surface area contributed by atoms with Gasteiger partial charge in [-0.25, -0.2) is 0 Å². The van der Waals surface area contributed by atoms with Gasteiger partial charge in [-0.05, 0) is 31.4 Å². The van der Waals surface area contributed by atoms with Crippen molar-refractivity contribution < 1.29 is 14.6 Å². The molecule has 2 fully saturated rings. The zero-order valence-electron chi connectivity index (χ0n) is 13.5. The topological polar surface area (TPSA) is 38.0 Å². The molecule has 2 aliphatic rings. The second kappa shape index (κ2) is 7.75. The van der Waals surface area contributed by atoms with Gasteiger partial charge in [0, 0.05) is 24.1 Å². The maximum Gasteiger partial charge on any atom is 0.279 e. The minimum Gasteiger partial charge on any atom is -0.331 e. The first kappa shape index (κ1) is 15.5. The molecule has 0 aromatic heterocycles. The second-order valence-electron chi connectivity index (χ2n) is 6.87. The van der Waals surface area contributed by atoms with Crippen molar-refractivity contribution in [3.8, 4) is 0 Å². The number of benzene rings is 1. The van der Waals surface area contributed by atoms with Crippen molar-refractivity contribution in [2.45, 2.75) is 38.6 Å². The molecule has 3 N–H and O–H groups in total. The first-order chi connectivity index (χ1) is 10.8. The van der Waals surface area contributed by atoms with Gasteiger partial charge in [-0.15, -0.1) is 0 Å². The molecule has 2 aliphatic heterocycles. The maximum absolute atomic E-state index is 12.1. The summed E-state index contributed by atoms with van der Waals surface area (Å²) < 4.78 is 0. The first-order valence-corrected chi connectivity index (χ1v) is 8.85. The summed E-state index contributed by atoms with van der Waals surface area (Å²) in [5, 5.41) is 3.04. The van der Waals surface area contributed by atoms with Gasteiger partial charge in [-0.2, -0.15) is 0 Å². The number of carbonyl (C=O) groups is 1.